The third-order valence-electron chi connectivity index (χ3n) is 4.78. The zero-order valence-electron chi connectivity index (χ0n) is 14.6. The number of rotatable bonds is 6. The molecule has 6 nitrogen and oxygen atoms in total. The van der Waals surface area contributed by atoms with Gasteiger partial charge in [-0.25, -0.2) is 4.68 Å². The van der Waals surface area contributed by atoms with Crippen molar-refractivity contribution in [1.82, 2.24) is 19.2 Å². The lowest BCUT2D eigenvalue weighted by Crippen LogP contribution is -2.33. The maximum Gasteiger partial charge on any atom is 0.237 e. The van der Waals surface area contributed by atoms with Gasteiger partial charge in [0.25, 0.3) is 0 Å². The summed E-state index contributed by atoms with van der Waals surface area (Å²) in [5.74, 6) is 0.304. The predicted octanol–water partition coefficient (Wildman–Crippen LogP) is 3.24. The summed E-state index contributed by atoms with van der Waals surface area (Å²) >= 11 is 7.17. The van der Waals surface area contributed by atoms with Crippen LogP contribution in [0.4, 0.5) is 0 Å². The van der Waals surface area contributed by atoms with E-state index in [2.05, 4.69) is 11.9 Å². The minimum atomic E-state index is -0.412. The molecular weight excluding hydrogens is 354 g/mol. The Bertz CT molecular complexity index is 757. The molecule has 1 aliphatic carbocycles. The van der Waals surface area contributed by atoms with E-state index in [-0.39, 0.29) is 6.54 Å². The van der Waals surface area contributed by atoms with Gasteiger partial charge in [-0.1, -0.05) is 31.7 Å². The van der Waals surface area contributed by atoms with Crippen LogP contribution in [-0.4, -0.2) is 38.2 Å². The quantitative estimate of drug-likeness (QED) is 0.618. The molecule has 2 aromatic heterocycles. The Morgan fingerprint density at radius 2 is 2.12 bits per heavy atom. The van der Waals surface area contributed by atoms with Gasteiger partial charge in [0.1, 0.15) is 6.54 Å². The van der Waals surface area contributed by atoms with Crippen molar-refractivity contribution in [3.05, 3.63) is 22.3 Å². The Labute approximate surface area is 157 Å². The van der Waals surface area contributed by atoms with Crippen molar-refractivity contribution in [3.8, 4) is 10.7 Å². The van der Waals surface area contributed by atoms with Crippen LogP contribution >= 0.6 is 23.6 Å². The van der Waals surface area contributed by atoms with Crippen molar-refractivity contribution in [3.63, 3.8) is 0 Å². The summed E-state index contributed by atoms with van der Waals surface area (Å²) in [7, 11) is 2.13. The Kier molecular flexibility index (Phi) is 6.03. The van der Waals surface area contributed by atoms with Crippen LogP contribution in [0.1, 0.15) is 38.5 Å². The van der Waals surface area contributed by atoms with Crippen LogP contribution in [0.25, 0.3) is 10.7 Å². The third-order valence-corrected chi connectivity index (χ3v) is 6.08. The number of thiophene rings is 1. The fourth-order valence-electron chi connectivity index (χ4n) is 3.44. The highest BCUT2D eigenvalue weighted by molar-refractivity contribution is 7.71. The molecule has 2 N–H and O–H groups in total. The molecule has 1 amide bonds. The Morgan fingerprint density at radius 3 is 2.72 bits per heavy atom. The minimum absolute atomic E-state index is 0.0548. The van der Waals surface area contributed by atoms with Crippen LogP contribution < -0.4 is 5.73 Å². The van der Waals surface area contributed by atoms with E-state index in [0.717, 1.165) is 4.88 Å². The van der Waals surface area contributed by atoms with Gasteiger partial charge in [-0.15, -0.1) is 16.4 Å². The van der Waals surface area contributed by atoms with Crippen molar-refractivity contribution in [2.45, 2.75) is 57.8 Å². The molecular formula is C17H25N5OS2. The standard InChI is InChI=1S/C17H25N5OS2/c1-20(13-7-4-2-3-5-8-13)12-22-17(24)21(11-15(18)23)16(19-22)14-9-6-10-25-14/h6,9-10,13H,2-5,7-8,11-12H2,1H3,(H2,18,23). The molecule has 2 aromatic rings. The van der Waals surface area contributed by atoms with Crippen molar-refractivity contribution < 1.29 is 4.79 Å². The maximum atomic E-state index is 11.5. The van der Waals surface area contributed by atoms with Crippen LogP contribution in [0.3, 0.4) is 0 Å². The molecule has 0 aromatic carbocycles. The Hall–Kier alpha value is -1.51. The van der Waals surface area contributed by atoms with Gasteiger partial charge < -0.3 is 5.73 Å². The molecule has 8 heteroatoms. The van der Waals surface area contributed by atoms with E-state index >= 15 is 0 Å². The van der Waals surface area contributed by atoms with Crippen molar-refractivity contribution in [1.29, 1.82) is 0 Å². The first-order valence-electron chi connectivity index (χ1n) is 8.76. The zero-order chi connectivity index (χ0) is 17.8. The second-order valence-corrected chi connectivity index (χ2v) is 7.99. The first-order chi connectivity index (χ1) is 12.1. The number of hydrogen-bond donors (Lipinski definition) is 1. The Balaban J connectivity index is 1.86. The number of nitrogens with two attached hydrogens (primary N) is 1. The first kappa shape index (κ1) is 18.3. The number of nitrogens with zero attached hydrogens (tertiary/aromatic N) is 4. The second-order valence-electron chi connectivity index (χ2n) is 6.68. The number of hydrogen-bond acceptors (Lipinski definition) is 5. The molecule has 0 unspecified atom stereocenters. The molecule has 2 heterocycles. The maximum absolute atomic E-state index is 11.5. The van der Waals surface area contributed by atoms with E-state index in [4.69, 9.17) is 23.1 Å². The molecule has 3 rings (SSSR count). The topological polar surface area (TPSA) is 69.1 Å². The van der Waals surface area contributed by atoms with Gasteiger partial charge in [-0.3, -0.25) is 14.3 Å². The monoisotopic (exact) mass is 379 g/mol. The van der Waals surface area contributed by atoms with Crippen LogP contribution in [0.2, 0.25) is 0 Å². The Morgan fingerprint density at radius 1 is 1.40 bits per heavy atom. The van der Waals surface area contributed by atoms with Crippen molar-refractivity contribution in [2.75, 3.05) is 7.05 Å². The highest BCUT2D eigenvalue weighted by Crippen LogP contribution is 2.25. The molecule has 1 fully saturated rings. The molecule has 1 aliphatic rings. The highest BCUT2D eigenvalue weighted by Gasteiger charge is 2.20. The normalized spacial score (nSPS) is 16.2. The van der Waals surface area contributed by atoms with Crippen LogP contribution in [-0.2, 0) is 18.0 Å². The summed E-state index contributed by atoms with van der Waals surface area (Å²) in [5, 5.41) is 6.69. The summed E-state index contributed by atoms with van der Waals surface area (Å²) in [6.07, 6.45) is 7.69. The molecule has 0 bridgehead atoms. The van der Waals surface area contributed by atoms with Gasteiger partial charge in [0.05, 0.1) is 11.5 Å². The molecule has 136 valence electrons. The first-order valence-corrected chi connectivity index (χ1v) is 10.0. The van der Waals surface area contributed by atoms with Crippen molar-refractivity contribution >= 4 is 29.5 Å². The van der Waals surface area contributed by atoms with Gasteiger partial charge in [0.15, 0.2) is 10.6 Å². The number of carbonyl (C=O) groups excluding carboxylic acids is 1. The predicted molar refractivity (Wildman–Crippen MR) is 103 cm³/mol. The van der Waals surface area contributed by atoms with E-state index in [1.807, 2.05) is 22.2 Å². The van der Waals surface area contributed by atoms with Gasteiger partial charge in [0.2, 0.25) is 5.91 Å². The average Bonchev–Trinajstić information content (AvgIpc) is 3.09. The van der Waals surface area contributed by atoms with Gasteiger partial charge in [-0.2, -0.15) is 0 Å². The van der Waals surface area contributed by atoms with Gasteiger partial charge >= 0.3 is 0 Å². The fourth-order valence-corrected chi connectivity index (χ4v) is 4.41. The van der Waals surface area contributed by atoms with Crippen LogP contribution in [0, 0.1) is 4.77 Å². The molecule has 0 atom stereocenters. The number of aromatic nitrogens is 3. The van der Waals surface area contributed by atoms with E-state index in [0.29, 0.717) is 23.3 Å². The molecule has 25 heavy (non-hydrogen) atoms. The molecule has 0 radical (unpaired) electrons. The molecule has 0 aliphatic heterocycles. The second kappa shape index (κ2) is 8.25. The smallest absolute Gasteiger partial charge is 0.237 e. The van der Waals surface area contributed by atoms with Crippen LogP contribution in [0.5, 0.6) is 0 Å². The average molecular weight is 380 g/mol. The van der Waals surface area contributed by atoms with E-state index in [1.165, 1.54) is 38.5 Å². The molecule has 0 saturated heterocycles. The summed E-state index contributed by atoms with van der Waals surface area (Å²) in [6.45, 7) is 0.687. The van der Waals surface area contributed by atoms with E-state index in [9.17, 15) is 4.79 Å². The lowest BCUT2D eigenvalue weighted by atomic mass is 10.1. The molecule has 1 saturated carbocycles. The van der Waals surface area contributed by atoms with Crippen molar-refractivity contribution in [2.24, 2.45) is 5.73 Å². The summed E-state index contributed by atoms with van der Waals surface area (Å²) < 4.78 is 4.10. The lowest BCUT2D eigenvalue weighted by molar-refractivity contribution is -0.118. The highest BCUT2D eigenvalue weighted by atomic mass is 32.1. The SMILES string of the molecule is CN(Cn1nc(-c2cccs2)n(CC(N)=O)c1=S)C1CCCCCC1. The van der Waals surface area contributed by atoms with Gasteiger partial charge in [0, 0.05) is 6.04 Å². The summed E-state index contributed by atoms with van der Waals surface area (Å²) in [4.78, 5) is 14.8. The zero-order valence-corrected chi connectivity index (χ0v) is 16.2. The lowest BCUT2D eigenvalue weighted by Gasteiger charge is -2.26. The number of primary amides is 1. The largest absolute Gasteiger partial charge is 0.368 e. The summed E-state index contributed by atoms with van der Waals surface area (Å²) in [5.41, 5.74) is 5.41. The van der Waals surface area contributed by atoms with Gasteiger partial charge in [-0.05, 0) is 43.6 Å². The fraction of sp³-hybridized carbons (Fsp3) is 0.588. The molecule has 0 spiro atoms. The number of amides is 1. The third kappa shape index (κ3) is 4.37. The summed E-state index contributed by atoms with van der Waals surface area (Å²) in [6, 6.07) is 4.52. The van der Waals surface area contributed by atoms with E-state index < -0.39 is 5.91 Å². The minimum Gasteiger partial charge on any atom is -0.368 e. The number of carbonyl (C=O) groups is 1. The van der Waals surface area contributed by atoms with Crippen LogP contribution in [0.15, 0.2) is 17.5 Å². The van der Waals surface area contributed by atoms with E-state index in [1.54, 1.807) is 15.9 Å².